The molecule has 0 saturated heterocycles. The molecule has 0 radical (unpaired) electrons. The van der Waals surface area contributed by atoms with Gasteiger partial charge in [0.1, 0.15) is 0 Å². The lowest BCUT2D eigenvalue weighted by atomic mass is 10.1. The summed E-state index contributed by atoms with van der Waals surface area (Å²) in [6, 6.07) is 8.92. The Morgan fingerprint density at radius 3 is 2.59 bits per heavy atom. The number of rotatable bonds is 4. The van der Waals surface area contributed by atoms with E-state index in [0.29, 0.717) is 6.04 Å². The monoisotopic (exact) mass is 230 g/mol. The van der Waals surface area contributed by atoms with Crippen LogP contribution >= 0.6 is 0 Å². The molecule has 2 aromatic rings. The minimum absolute atomic E-state index is 0.325. The van der Waals surface area contributed by atoms with Gasteiger partial charge < -0.3 is 5.32 Å². The molecule has 0 fully saturated rings. The quantitative estimate of drug-likeness (QED) is 0.873. The van der Waals surface area contributed by atoms with Crippen molar-refractivity contribution in [3.63, 3.8) is 0 Å². The van der Waals surface area contributed by atoms with E-state index < -0.39 is 0 Å². The third-order valence-corrected chi connectivity index (χ3v) is 2.97. The van der Waals surface area contributed by atoms with Gasteiger partial charge in [-0.2, -0.15) is 0 Å². The SMILES string of the molecule is Cc1ccc(C(C)NCc2cnnn2C)cc1. The molecular formula is C13H18N4. The van der Waals surface area contributed by atoms with Gasteiger partial charge in [0, 0.05) is 19.6 Å². The third kappa shape index (κ3) is 2.91. The summed E-state index contributed by atoms with van der Waals surface area (Å²) in [5, 5.41) is 11.2. The summed E-state index contributed by atoms with van der Waals surface area (Å²) in [6.07, 6.45) is 1.79. The molecule has 0 aliphatic heterocycles. The van der Waals surface area contributed by atoms with Crippen LogP contribution in [0.5, 0.6) is 0 Å². The van der Waals surface area contributed by atoms with Gasteiger partial charge >= 0.3 is 0 Å². The number of nitrogens with one attached hydrogen (secondary N) is 1. The van der Waals surface area contributed by atoms with Crippen LogP contribution in [0.1, 0.15) is 29.8 Å². The van der Waals surface area contributed by atoms with E-state index in [1.54, 1.807) is 10.9 Å². The highest BCUT2D eigenvalue weighted by Gasteiger charge is 2.06. The van der Waals surface area contributed by atoms with Crippen molar-refractivity contribution in [2.24, 2.45) is 7.05 Å². The fraction of sp³-hybridized carbons (Fsp3) is 0.385. The van der Waals surface area contributed by atoms with Crippen LogP contribution in [0.4, 0.5) is 0 Å². The van der Waals surface area contributed by atoms with Crippen molar-refractivity contribution in [3.8, 4) is 0 Å². The molecule has 0 saturated carbocycles. The standard InChI is InChI=1S/C13H18N4/c1-10-4-6-12(7-5-10)11(2)14-8-13-9-15-16-17(13)3/h4-7,9,11,14H,8H2,1-3H3. The molecule has 0 bridgehead atoms. The van der Waals surface area contributed by atoms with Crippen LogP contribution in [0.15, 0.2) is 30.5 Å². The van der Waals surface area contributed by atoms with Crippen LogP contribution in [0.2, 0.25) is 0 Å². The largest absolute Gasteiger partial charge is 0.305 e. The summed E-state index contributed by atoms with van der Waals surface area (Å²) in [5.41, 5.74) is 3.67. The van der Waals surface area contributed by atoms with Crippen molar-refractivity contribution in [2.45, 2.75) is 26.4 Å². The van der Waals surface area contributed by atoms with Crippen molar-refractivity contribution >= 4 is 0 Å². The average Bonchev–Trinajstić information content (AvgIpc) is 2.73. The molecule has 0 aliphatic rings. The van der Waals surface area contributed by atoms with E-state index >= 15 is 0 Å². The van der Waals surface area contributed by atoms with Gasteiger partial charge in [0.25, 0.3) is 0 Å². The first-order chi connectivity index (χ1) is 8.16. The number of aryl methyl sites for hydroxylation is 2. The first-order valence-corrected chi connectivity index (χ1v) is 5.80. The Hall–Kier alpha value is -1.68. The number of hydrogen-bond donors (Lipinski definition) is 1. The lowest BCUT2D eigenvalue weighted by Crippen LogP contribution is -2.19. The molecule has 2 rings (SSSR count). The third-order valence-electron chi connectivity index (χ3n) is 2.97. The molecule has 1 atom stereocenters. The van der Waals surface area contributed by atoms with Crippen molar-refractivity contribution in [2.75, 3.05) is 0 Å². The maximum atomic E-state index is 3.91. The van der Waals surface area contributed by atoms with Gasteiger partial charge in [0.05, 0.1) is 11.9 Å². The highest BCUT2D eigenvalue weighted by Crippen LogP contribution is 2.13. The van der Waals surface area contributed by atoms with E-state index in [1.807, 2.05) is 7.05 Å². The second-order valence-corrected chi connectivity index (χ2v) is 4.36. The summed E-state index contributed by atoms with van der Waals surface area (Å²) in [7, 11) is 1.90. The molecule has 4 heteroatoms. The first kappa shape index (κ1) is 11.8. The van der Waals surface area contributed by atoms with Gasteiger partial charge in [-0.05, 0) is 19.4 Å². The van der Waals surface area contributed by atoms with Crippen LogP contribution in [0, 0.1) is 6.92 Å². The molecular weight excluding hydrogens is 212 g/mol. The van der Waals surface area contributed by atoms with Crippen LogP contribution in [0.3, 0.4) is 0 Å². The van der Waals surface area contributed by atoms with E-state index in [0.717, 1.165) is 12.2 Å². The summed E-state index contributed by atoms with van der Waals surface area (Å²) in [5.74, 6) is 0. The molecule has 1 N–H and O–H groups in total. The summed E-state index contributed by atoms with van der Waals surface area (Å²) >= 11 is 0. The molecule has 1 aromatic heterocycles. The fourth-order valence-corrected chi connectivity index (χ4v) is 1.70. The van der Waals surface area contributed by atoms with Crippen LogP contribution in [-0.4, -0.2) is 15.0 Å². The molecule has 4 nitrogen and oxygen atoms in total. The van der Waals surface area contributed by atoms with Crippen molar-refractivity contribution in [1.82, 2.24) is 20.3 Å². The van der Waals surface area contributed by atoms with Crippen LogP contribution in [-0.2, 0) is 13.6 Å². The van der Waals surface area contributed by atoms with Crippen molar-refractivity contribution < 1.29 is 0 Å². The van der Waals surface area contributed by atoms with Crippen LogP contribution < -0.4 is 5.32 Å². The summed E-state index contributed by atoms with van der Waals surface area (Å²) in [6.45, 7) is 5.04. The Morgan fingerprint density at radius 1 is 1.29 bits per heavy atom. The minimum Gasteiger partial charge on any atom is -0.305 e. The van der Waals surface area contributed by atoms with Crippen molar-refractivity contribution in [3.05, 3.63) is 47.3 Å². The van der Waals surface area contributed by atoms with E-state index in [4.69, 9.17) is 0 Å². The Labute approximate surface area is 102 Å². The molecule has 0 spiro atoms. The zero-order valence-electron chi connectivity index (χ0n) is 10.5. The van der Waals surface area contributed by atoms with E-state index in [-0.39, 0.29) is 0 Å². The van der Waals surface area contributed by atoms with Crippen molar-refractivity contribution in [1.29, 1.82) is 0 Å². The maximum absolute atomic E-state index is 3.91. The van der Waals surface area contributed by atoms with E-state index in [1.165, 1.54) is 11.1 Å². The Bertz CT molecular complexity index is 472. The molecule has 1 unspecified atom stereocenters. The number of nitrogens with zero attached hydrogens (tertiary/aromatic N) is 3. The smallest absolute Gasteiger partial charge is 0.0738 e. The van der Waals surface area contributed by atoms with E-state index in [2.05, 4.69) is 53.7 Å². The number of benzene rings is 1. The van der Waals surface area contributed by atoms with Gasteiger partial charge in [-0.25, -0.2) is 0 Å². The molecule has 1 heterocycles. The highest BCUT2D eigenvalue weighted by molar-refractivity contribution is 5.23. The average molecular weight is 230 g/mol. The zero-order chi connectivity index (χ0) is 12.3. The summed E-state index contributed by atoms with van der Waals surface area (Å²) in [4.78, 5) is 0. The van der Waals surface area contributed by atoms with Crippen LogP contribution in [0.25, 0.3) is 0 Å². The normalized spacial score (nSPS) is 12.6. The molecule has 90 valence electrons. The Morgan fingerprint density at radius 2 is 2.00 bits per heavy atom. The lowest BCUT2D eigenvalue weighted by Gasteiger charge is -2.14. The molecule has 0 aliphatic carbocycles. The zero-order valence-corrected chi connectivity index (χ0v) is 10.5. The predicted octanol–water partition coefficient (Wildman–Crippen LogP) is 1.97. The van der Waals surface area contributed by atoms with Gasteiger partial charge in [-0.15, -0.1) is 5.10 Å². The molecule has 17 heavy (non-hydrogen) atoms. The second kappa shape index (κ2) is 5.10. The Balaban J connectivity index is 1.95. The minimum atomic E-state index is 0.325. The van der Waals surface area contributed by atoms with Gasteiger partial charge in [-0.3, -0.25) is 4.68 Å². The van der Waals surface area contributed by atoms with Gasteiger partial charge in [-0.1, -0.05) is 35.0 Å². The summed E-state index contributed by atoms with van der Waals surface area (Å²) < 4.78 is 1.79. The first-order valence-electron chi connectivity index (χ1n) is 5.80. The Kier molecular flexibility index (Phi) is 3.54. The number of hydrogen-bond acceptors (Lipinski definition) is 3. The topological polar surface area (TPSA) is 42.7 Å². The maximum Gasteiger partial charge on any atom is 0.0738 e. The lowest BCUT2D eigenvalue weighted by molar-refractivity contribution is 0.546. The van der Waals surface area contributed by atoms with E-state index in [9.17, 15) is 0 Å². The van der Waals surface area contributed by atoms with Gasteiger partial charge in [0.15, 0.2) is 0 Å². The predicted molar refractivity (Wildman–Crippen MR) is 67.4 cm³/mol. The number of aromatic nitrogens is 3. The second-order valence-electron chi connectivity index (χ2n) is 4.36. The fourth-order valence-electron chi connectivity index (χ4n) is 1.70. The molecule has 1 aromatic carbocycles. The van der Waals surface area contributed by atoms with Gasteiger partial charge in [0.2, 0.25) is 0 Å². The highest BCUT2D eigenvalue weighted by atomic mass is 15.4. The molecule has 0 amide bonds.